The Bertz CT molecular complexity index is 548. The Morgan fingerprint density at radius 2 is 1.86 bits per heavy atom. The molecule has 0 N–H and O–H groups in total. The summed E-state index contributed by atoms with van der Waals surface area (Å²) in [5, 5.41) is 0. The highest BCUT2D eigenvalue weighted by molar-refractivity contribution is 7.86. The summed E-state index contributed by atoms with van der Waals surface area (Å²) in [7, 11) is 0.479. The van der Waals surface area contributed by atoms with Crippen LogP contribution in [0.1, 0.15) is 24.4 Å². The van der Waals surface area contributed by atoms with Gasteiger partial charge in [-0.05, 0) is 46.0 Å². The summed E-state index contributed by atoms with van der Waals surface area (Å²) in [4.78, 5) is 1.99. The van der Waals surface area contributed by atoms with Gasteiger partial charge in [0.1, 0.15) is 11.5 Å². The first-order chi connectivity index (χ1) is 9.89. The number of rotatable bonds is 7. The zero-order valence-electron chi connectivity index (χ0n) is 13.1. The highest BCUT2D eigenvalue weighted by Gasteiger charge is 2.32. The molecule has 120 valence electrons. The molecular weight excluding hydrogens is 290 g/mol. The molecule has 2 rings (SSSR count). The number of hydrogen-bond donors (Lipinski definition) is 0. The lowest BCUT2D eigenvalue weighted by molar-refractivity contribution is 0.292. The van der Waals surface area contributed by atoms with Gasteiger partial charge in [-0.1, -0.05) is 0 Å². The van der Waals surface area contributed by atoms with E-state index in [9.17, 15) is 8.42 Å². The van der Waals surface area contributed by atoms with Crippen LogP contribution in [0, 0.1) is 6.92 Å². The Morgan fingerprint density at radius 1 is 1.19 bits per heavy atom. The van der Waals surface area contributed by atoms with Crippen molar-refractivity contribution in [2.45, 2.75) is 26.3 Å². The van der Waals surface area contributed by atoms with Crippen LogP contribution in [0.5, 0.6) is 0 Å². The van der Waals surface area contributed by atoms with E-state index < -0.39 is 10.2 Å². The van der Waals surface area contributed by atoms with Gasteiger partial charge in [0.15, 0.2) is 0 Å². The molecular formula is C14H25N3O3S. The SMILES string of the molecule is Cc1ccc(CN(CCN(C)C)S(=O)(=O)N2CCCC2)o1. The molecule has 0 bridgehead atoms. The highest BCUT2D eigenvalue weighted by Crippen LogP contribution is 2.19. The summed E-state index contributed by atoms with van der Waals surface area (Å²) >= 11 is 0. The average Bonchev–Trinajstić information content (AvgIpc) is 3.05. The van der Waals surface area contributed by atoms with Crippen LogP contribution < -0.4 is 0 Å². The summed E-state index contributed by atoms with van der Waals surface area (Å²) in [5.41, 5.74) is 0. The van der Waals surface area contributed by atoms with Crippen molar-refractivity contribution in [3.05, 3.63) is 23.7 Å². The lowest BCUT2D eigenvalue weighted by atomic mass is 10.4. The van der Waals surface area contributed by atoms with Crippen LogP contribution in [0.15, 0.2) is 16.5 Å². The minimum atomic E-state index is -3.41. The molecule has 1 saturated heterocycles. The van der Waals surface area contributed by atoms with Crippen LogP contribution >= 0.6 is 0 Å². The first kappa shape index (κ1) is 16.5. The molecule has 7 heteroatoms. The van der Waals surface area contributed by atoms with Crippen LogP contribution in [0.3, 0.4) is 0 Å². The number of nitrogens with zero attached hydrogens (tertiary/aromatic N) is 3. The molecule has 0 radical (unpaired) electrons. The Kier molecular flexibility index (Phi) is 5.43. The fourth-order valence-corrected chi connectivity index (χ4v) is 4.06. The number of hydrogen-bond acceptors (Lipinski definition) is 4. The van der Waals surface area contributed by atoms with Gasteiger partial charge in [-0.25, -0.2) is 0 Å². The fraction of sp³-hybridized carbons (Fsp3) is 0.714. The third-order valence-electron chi connectivity index (χ3n) is 3.64. The number of likely N-dealkylation sites (N-methyl/N-ethyl adjacent to an activating group) is 1. The van der Waals surface area contributed by atoms with Crippen LogP contribution in [-0.2, 0) is 16.8 Å². The van der Waals surface area contributed by atoms with Crippen molar-refractivity contribution in [3.8, 4) is 0 Å². The molecule has 2 heterocycles. The predicted octanol–water partition coefficient (Wildman–Crippen LogP) is 1.29. The van der Waals surface area contributed by atoms with E-state index in [1.54, 1.807) is 4.31 Å². The van der Waals surface area contributed by atoms with E-state index in [1.807, 2.05) is 38.1 Å². The van der Waals surface area contributed by atoms with E-state index in [2.05, 4.69) is 0 Å². The molecule has 1 aromatic heterocycles. The van der Waals surface area contributed by atoms with Crippen molar-refractivity contribution in [3.63, 3.8) is 0 Å². The van der Waals surface area contributed by atoms with Gasteiger partial charge < -0.3 is 9.32 Å². The van der Waals surface area contributed by atoms with E-state index in [1.165, 1.54) is 4.31 Å². The van der Waals surface area contributed by atoms with E-state index in [4.69, 9.17) is 4.42 Å². The molecule has 6 nitrogen and oxygen atoms in total. The van der Waals surface area contributed by atoms with Gasteiger partial charge in [-0.3, -0.25) is 0 Å². The smallest absolute Gasteiger partial charge is 0.282 e. The Hall–Kier alpha value is -0.890. The quantitative estimate of drug-likeness (QED) is 0.761. The van der Waals surface area contributed by atoms with Crippen LogP contribution in [0.2, 0.25) is 0 Å². The highest BCUT2D eigenvalue weighted by atomic mass is 32.2. The Balaban J connectivity index is 2.14. The van der Waals surface area contributed by atoms with Crippen LogP contribution in [0.25, 0.3) is 0 Å². The predicted molar refractivity (Wildman–Crippen MR) is 82.1 cm³/mol. The van der Waals surface area contributed by atoms with Crippen molar-refractivity contribution < 1.29 is 12.8 Å². The first-order valence-corrected chi connectivity index (χ1v) is 8.74. The zero-order valence-corrected chi connectivity index (χ0v) is 13.9. The molecule has 1 fully saturated rings. The molecule has 0 saturated carbocycles. The molecule has 1 aliphatic heterocycles. The summed E-state index contributed by atoms with van der Waals surface area (Å²) in [6, 6.07) is 3.71. The third-order valence-corrected chi connectivity index (χ3v) is 5.62. The molecule has 0 aromatic carbocycles. The first-order valence-electron chi connectivity index (χ1n) is 7.35. The summed E-state index contributed by atoms with van der Waals surface area (Å²) in [5.74, 6) is 1.49. The summed E-state index contributed by atoms with van der Waals surface area (Å²) in [6.45, 7) is 4.55. The van der Waals surface area contributed by atoms with Gasteiger partial charge in [-0.15, -0.1) is 0 Å². The molecule has 0 spiro atoms. The Labute approximate surface area is 127 Å². The second-order valence-electron chi connectivity index (χ2n) is 5.76. The topological polar surface area (TPSA) is 57.0 Å². The van der Waals surface area contributed by atoms with Gasteiger partial charge in [0.05, 0.1) is 6.54 Å². The van der Waals surface area contributed by atoms with E-state index in [0.29, 0.717) is 38.5 Å². The molecule has 0 aliphatic carbocycles. The third kappa shape index (κ3) is 4.29. The van der Waals surface area contributed by atoms with Crippen molar-refractivity contribution in [2.24, 2.45) is 0 Å². The van der Waals surface area contributed by atoms with Gasteiger partial charge in [0, 0.05) is 26.2 Å². The number of furan rings is 1. The Morgan fingerprint density at radius 3 is 2.38 bits per heavy atom. The molecule has 0 atom stereocenters. The van der Waals surface area contributed by atoms with Gasteiger partial charge in [-0.2, -0.15) is 17.0 Å². The van der Waals surface area contributed by atoms with Crippen LogP contribution in [-0.4, -0.2) is 62.2 Å². The summed E-state index contributed by atoms with van der Waals surface area (Å²) < 4.78 is 34.1. The van der Waals surface area contributed by atoms with Gasteiger partial charge >= 0.3 is 0 Å². The van der Waals surface area contributed by atoms with Crippen molar-refractivity contribution in [1.29, 1.82) is 0 Å². The van der Waals surface area contributed by atoms with Crippen molar-refractivity contribution >= 4 is 10.2 Å². The lowest BCUT2D eigenvalue weighted by Gasteiger charge is -2.27. The molecule has 21 heavy (non-hydrogen) atoms. The maximum absolute atomic E-state index is 12.7. The molecule has 1 aromatic rings. The standard InChI is InChI=1S/C14H25N3O3S/c1-13-6-7-14(20-13)12-17(11-10-15(2)3)21(18,19)16-8-4-5-9-16/h6-7H,4-5,8-12H2,1-3H3. The second-order valence-corrected chi connectivity index (χ2v) is 7.69. The monoisotopic (exact) mass is 315 g/mol. The van der Waals surface area contributed by atoms with Crippen molar-refractivity contribution in [2.75, 3.05) is 40.3 Å². The van der Waals surface area contributed by atoms with Gasteiger partial charge in [0.2, 0.25) is 0 Å². The van der Waals surface area contributed by atoms with E-state index in [0.717, 1.165) is 18.6 Å². The fourth-order valence-electron chi connectivity index (χ4n) is 2.41. The second kappa shape index (κ2) is 6.91. The molecule has 0 unspecified atom stereocenters. The maximum Gasteiger partial charge on any atom is 0.282 e. The largest absolute Gasteiger partial charge is 0.465 e. The minimum Gasteiger partial charge on any atom is -0.465 e. The van der Waals surface area contributed by atoms with Crippen molar-refractivity contribution in [1.82, 2.24) is 13.5 Å². The maximum atomic E-state index is 12.7. The van der Waals surface area contributed by atoms with Crippen LogP contribution in [0.4, 0.5) is 0 Å². The minimum absolute atomic E-state index is 0.292. The molecule has 0 amide bonds. The normalized spacial score (nSPS) is 17.2. The lowest BCUT2D eigenvalue weighted by Crippen LogP contribution is -2.44. The van der Waals surface area contributed by atoms with Gasteiger partial charge in [0.25, 0.3) is 10.2 Å². The summed E-state index contributed by atoms with van der Waals surface area (Å²) in [6.07, 6.45) is 1.89. The van der Waals surface area contributed by atoms with E-state index in [-0.39, 0.29) is 0 Å². The molecule has 1 aliphatic rings. The zero-order chi connectivity index (χ0) is 15.5. The van der Waals surface area contributed by atoms with E-state index >= 15 is 0 Å². The number of aryl methyl sites for hydroxylation is 1. The average molecular weight is 315 g/mol.